The lowest BCUT2D eigenvalue weighted by atomic mass is 9.80. The van der Waals surface area contributed by atoms with Gasteiger partial charge >= 0.3 is 0 Å². The zero-order valence-electron chi connectivity index (χ0n) is 11.7. The first-order chi connectivity index (χ1) is 9.07. The summed E-state index contributed by atoms with van der Waals surface area (Å²) in [5.41, 5.74) is 7.13. The second-order valence-electron chi connectivity index (χ2n) is 5.73. The first kappa shape index (κ1) is 14.1. The van der Waals surface area contributed by atoms with Gasteiger partial charge in [-0.25, -0.2) is 0 Å². The number of nitrogens with two attached hydrogens (primary N) is 1. The molecule has 1 heterocycles. The number of nitrogens with zero attached hydrogens (tertiary/aromatic N) is 2. The van der Waals surface area contributed by atoms with Gasteiger partial charge in [0, 0.05) is 24.7 Å². The Balaban J connectivity index is 1.69. The molecule has 3 N–H and O–H groups in total. The highest BCUT2D eigenvalue weighted by molar-refractivity contribution is 5.77. The standard InChI is InChI=1S/C14H24N4O/c1-12-10-17-18(11-12)8-7-16-13(19)9-14(15)5-3-2-4-6-14/h10-11H,2-9,15H2,1H3,(H,16,19). The number of carbonyl (C=O) groups is 1. The van der Waals surface area contributed by atoms with E-state index in [1.165, 1.54) is 6.42 Å². The van der Waals surface area contributed by atoms with E-state index in [1.807, 2.05) is 24.0 Å². The van der Waals surface area contributed by atoms with Crippen LogP contribution >= 0.6 is 0 Å². The lowest BCUT2D eigenvalue weighted by molar-refractivity contribution is -0.122. The number of rotatable bonds is 5. The normalized spacial score (nSPS) is 18.2. The molecule has 0 saturated heterocycles. The van der Waals surface area contributed by atoms with E-state index < -0.39 is 0 Å². The Bertz CT molecular complexity index is 421. The lowest BCUT2D eigenvalue weighted by Gasteiger charge is -2.32. The first-order valence-corrected chi connectivity index (χ1v) is 7.12. The van der Waals surface area contributed by atoms with Gasteiger partial charge in [-0.3, -0.25) is 9.48 Å². The maximum Gasteiger partial charge on any atom is 0.221 e. The van der Waals surface area contributed by atoms with Crippen molar-refractivity contribution < 1.29 is 4.79 Å². The van der Waals surface area contributed by atoms with E-state index in [-0.39, 0.29) is 11.4 Å². The van der Waals surface area contributed by atoms with Crippen molar-refractivity contribution in [1.29, 1.82) is 0 Å². The summed E-state index contributed by atoms with van der Waals surface area (Å²) < 4.78 is 1.84. The molecule has 19 heavy (non-hydrogen) atoms. The fraction of sp³-hybridized carbons (Fsp3) is 0.714. The van der Waals surface area contributed by atoms with Gasteiger partial charge in [-0.15, -0.1) is 0 Å². The Morgan fingerprint density at radius 1 is 1.47 bits per heavy atom. The van der Waals surface area contributed by atoms with Gasteiger partial charge in [0.05, 0.1) is 12.7 Å². The van der Waals surface area contributed by atoms with Gasteiger partial charge in [-0.05, 0) is 25.3 Å². The van der Waals surface area contributed by atoms with E-state index in [0.29, 0.717) is 19.5 Å². The molecule has 1 fully saturated rings. The van der Waals surface area contributed by atoms with Crippen LogP contribution in [0.2, 0.25) is 0 Å². The molecule has 2 rings (SSSR count). The number of nitrogens with one attached hydrogen (secondary N) is 1. The zero-order chi connectivity index (χ0) is 13.7. The minimum atomic E-state index is -0.273. The van der Waals surface area contributed by atoms with Crippen LogP contribution in [-0.2, 0) is 11.3 Å². The van der Waals surface area contributed by atoms with E-state index in [4.69, 9.17) is 5.73 Å². The third-order valence-corrected chi connectivity index (χ3v) is 3.79. The predicted octanol–water partition coefficient (Wildman–Crippen LogP) is 1.36. The third kappa shape index (κ3) is 4.35. The van der Waals surface area contributed by atoms with Crippen molar-refractivity contribution in [2.75, 3.05) is 6.54 Å². The van der Waals surface area contributed by atoms with Crippen molar-refractivity contribution in [2.45, 2.75) is 57.5 Å². The maximum absolute atomic E-state index is 11.9. The minimum absolute atomic E-state index is 0.0632. The summed E-state index contributed by atoms with van der Waals surface area (Å²) in [6.45, 7) is 3.32. The summed E-state index contributed by atoms with van der Waals surface area (Å²) >= 11 is 0. The van der Waals surface area contributed by atoms with E-state index in [2.05, 4.69) is 10.4 Å². The third-order valence-electron chi connectivity index (χ3n) is 3.79. The Morgan fingerprint density at radius 2 is 2.21 bits per heavy atom. The van der Waals surface area contributed by atoms with Crippen molar-refractivity contribution in [1.82, 2.24) is 15.1 Å². The molecule has 0 aliphatic heterocycles. The molecule has 1 aliphatic carbocycles. The van der Waals surface area contributed by atoms with Gasteiger partial charge in [-0.2, -0.15) is 5.10 Å². The van der Waals surface area contributed by atoms with Crippen molar-refractivity contribution in [3.05, 3.63) is 18.0 Å². The molecule has 0 atom stereocenters. The summed E-state index contributed by atoms with van der Waals surface area (Å²) in [6, 6.07) is 0. The predicted molar refractivity (Wildman–Crippen MR) is 74.6 cm³/mol. The van der Waals surface area contributed by atoms with Gasteiger partial charge in [0.2, 0.25) is 5.91 Å². The van der Waals surface area contributed by atoms with Crippen LogP contribution in [0.5, 0.6) is 0 Å². The van der Waals surface area contributed by atoms with Crippen LogP contribution in [-0.4, -0.2) is 27.8 Å². The average Bonchev–Trinajstić information content (AvgIpc) is 2.75. The number of aromatic nitrogens is 2. The number of amides is 1. The fourth-order valence-corrected chi connectivity index (χ4v) is 2.71. The zero-order valence-corrected chi connectivity index (χ0v) is 11.7. The highest BCUT2D eigenvalue weighted by Gasteiger charge is 2.29. The topological polar surface area (TPSA) is 72.9 Å². The fourth-order valence-electron chi connectivity index (χ4n) is 2.71. The summed E-state index contributed by atoms with van der Waals surface area (Å²) in [7, 11) is 0. The van der Waals surface area contributed by atoms with Crippen molar-refractivity contribution in [3.63, 3.8) is 0 Å². The van der Waals surface area contributed by atoms with Crippen molar-refractivity contribution in [2.24, 2.45) is 5.73 Å². The molecule has 1 saturated carbocycles. The molecule has 1 aliphatic rings. The van der Waals surface area contributed by atoms with E-state index >= 15 is 0 Å². The number of carbonyl (C=O) groups excluding carboxylic acids is 1. The molecule has 1 aromatic rings. The van der Waals surface area contributed by atoms with Crippen molar-refractivity contribution >= 4 is 5.91 Å². The van der Waals surface area contributed by atoms with E-state index in [1.54, 1.807) is 0 Å². The molecule has 0 aromatic carbocycles. The molecule has 0 radical (unpaired) electrons. The summed E-state index contributed by atoms with van der Waals surface area (Å²) in [4.78, 5) is 11.9. The SMILES string of the molecule is Cc1cnn(CCNC(=O)CC2(N)CCCCC2)c1. The van der Waals surface area contributed by atoms with Gasteiger partial charge in [0.25, 0.3) is 0 Å². The minimum Gasteiger partial charge on any atom is -0.354 e. The smallest absolute Gasteiger partial charge is 0.221 e. The van der Waals surface area contributed by atoms with Crippen LogP contribution in [0.25, 0.3) is 0 Å². The lowest BCUT2D eigenvalue weighted by Crippen LogP contribution is -2.46. The molecule has 5 heteroatoms. The summed E-state index contributed by atoms with van der Waals surface area (Å²) in [5.74, 6) is 0.0632. The molecule has 5 nitrogen and oxygen atoms in total. The van der Waals surface area contributed by atoms with Crippen LogP contribution in [0.4, 0.5) is 0 Å². The Kier molecular flexibility index (Phi) is 4.58. The largest absolute Gasteiger partial charge is 0.354 e. The Morgan fingerprint density at radius 3 is 2.84 bits per heavy atom. The monoisotopic (exact) mass is 264 g/mol. The number of hydrogen-bond acceptors (Lipinski definition) is 3. The van der Waals surface area contributed by atoms with Gasteiger partial charge in [-0.1, -0.05) is 19.3 Å². The molecular formula is C14H24N4O. The number of hydrogen-bond donors (Lipinski definition) is 2. The quantitative estimate of drug-likeness (QED) is 0.843. The molecule has 106 valence electrons. The molecule has 1 aromatic heterocycles. The summed E-state index contributed by atoms with van der Waals surface area (Å²) in [5, 5.41) is 7.12. The highest BCUT2D eigenvalue weighted by Crippen LogP contribution is 2.28. The first-order valence-electron chi connectivity index (χ1n) is 7.12. The molecule has 0 bridgehead atoms. The number of aryl methyl sites for hydroxylation is 1. The van der Waals surface area contributed by atoms with Gasteiger partial charge in [0.15, 0.2) is 0 Å². The van der Waals surface area contributed by atoms with Crippen LogP contribution in [0.1, 0.15) is 44.1 Å². The van der Waals surface area contributed by atoms with E-state index in [9.17, 15) is 4.79 Å². The van der Waals surface area contributed by atoms with Crippen molar-refractivity contribution in [3.8, 4) is 0 Å². The van der Waals surface area contributed by atoms with E-state index in [0.717, 1.165) is 31.2 Å². The molecule has 0 unspecified atom stereocenters. The molecule has 0 spiro atoms. The Hall–Kier alpha value is -1.36. The second kappa shape index (κ2) is 6.19. The van der Waals surface area contributed by atoms with Gasteiger partial charge < -0.3 is 11.1 Å². The van der Waals surface area contributed by atoms with Crippen LogP contribution in [0, 0.1) is 6.92 Å². The second-order valence-corrected chi connectivity index (χ2v) is 5.73. The van der Waals surface area contributed by atoms with Gasteiger partial charge in [0.1, 0.15) is 0 Å². The Labute approximate surface area is 114 Å². The highest BCUT2D eigenvalue weighted by atomic mass is 16.1. The molecular weight excluding hydrogens is 240 g/mol. The summed E-state index contributed by atoms with van der Waals surface area (Å²) in [6.07, 6.45) is 9.73. The maximum atomic E-state index is 11.9. The average molecular weight is 264 g/mol. The van der Waals surface area contributed by atoms with Crippen LogP contribution in [0.3, 0.4) is 0 Å². The van der Waals surface area contributed by atoms with Crippen LogP contribution < -0.4 is 11.1 Å². The van der Waals surface area contributed by atoms with Crippen LogP contribution in [0.15, 0.2) is 12.4 Å². The molecule has 1 amide bonds.